The number of hydrogen-bond acceptors (Lipinski definition) is 3. The first-order chi connectivity index (χ1) is 8.50. The maximum absolute atomic E-state index is 11.3. The molecule has 18 heavy (non-hydrogen) atoms. The number of aromatic carboxylic acids is 1. The van der Waals surface area contributed by atoms with Gasteiger partial charge in [-0.25, -0.2) is 4.79 Å². The quantitative estimate of drug-likeness (QED) is 0.918. The van der Waals surface area contributed by atoms with Gasteiger partial charge < -0.3 is 5.11 Å². The molecular weight excluding hydrogens is 246 g/mol. The molecule has 2 aromatic rings. The molecule has 96 valence electrons. The van der Waals surface area contributed by atoms with Crippen molar-refractivity contribution in [2.75, 3.05) is 7.05 Å². The number of thiophene rings is 1. The fraction of sp³-hybridized carbons (Fsp3) is 0.357. The molecule has 0 fully saturated rings. The van der Waals surface area contributed by atoms with Gasteiger partial charge >= 0.3 is 5.97 Å². The number of fused-ring (bicyclic) bond motifs is 1. The van der Waals surface area contributed by atoms with Crippen LogP contribution in [-0.4, -0.2) is 29.1 Å². The summed E-state index contributed by atoms with van der Waals surface area (Å²) in [5, 5.41) is 10.4. The molecule has 1 N–H and O–H groups in total. The highest BCUT2D eigenvalue weighted by Gasteiger charge is 2.19. The predicted octanol–water partition coefficient (Wildman–Crippen LogP) is 3.44. The van der Waals surface area contributed by atoms with Crippen molar-refractivity contribution in [1.82, 2.24) is 4.90 Å². The van der Waals surface area contributed by atoms with E-state index in [1.54, 1.807) is 0 Å². The number of nitrogens with zero attached hydrogens (tertiary/aromatic N) is 1. The number of carboxylic acid groups (broad SMARTS) is 1. The molecular formula is C14H17NO2S. The summed E-state index contributed by atoms with van der Waals surface area (Å²) >= 11 is 1.36. The third-order valence-electron chi connectivity index (χ3n) is 3.18. The normalized spacial score (nSPS) is 11.6. The van der Waals surface area contributed by atoms with Crippen LogP contribution < -0.4 is 0 Å². The molecule has 0 bridgehead atoms. The fourth-order valence-corrected chi connectivity index (χ4v) is 2.91. The minimum Gasteiger partial charge on any atom is -0.477 e. The molecule has 3 nitrogen and oxygen atoms in total. The molecule has 0 aliphatic rings. The van der Waals surface area contributed by atoms with Gasteiger partial charge in [0, 0.05) is 17.3 Å². The Balaban J connectivity index is 2.52. The fourth-order valence-electron chi connectivity index (χ4n) is 1.86. The molecule has 1 heterocycles. The lowest BCUT2D eigenvalue weighted by atomic mass is 10.1. The summed E-state index contributed by atoms with van der Waals surface area (Å²) in [5.41, 5.74) is 0.930. The zero-order valence-corrected chi connectivity index (χ0v) is 11.6. The average molecular weight is 263 g/mol. The van der Waals surface area contributed by atoms with Crippen molar-refractivity contribution in [3.63, 3.8) is 0 Å². The Kier molecular flexibility index (Phi) is 3.68. The Morgan fingerprint density at radius 3 is 2.67 bits per heavy atom. The summed E-state index contributed by atoms with van der Waals surface area (Å²) < 4.78 is 1.04. The van der Waals surface area contributed by atoms with Gasteiger partial charge in [0.05, 0.1) is 0 Å². The molecule has 1 aromatic heterocycles. The van der Waals surface area contributed by atoms with Crippen LogP contribution in [0.15, 0.2) is 24.3 Å². The number of benzene rings is 1. The molecule has 0 unspecified atom stereocenters. The summed E-state index contributed by atoms with van der Waals surface area (Å²) in [6, 6.07) is 8.28. The summed E-state index contributed by atoms with van der Waals surface area (Å²) in [7, 11) is 2.02. The zero-order valence-electron chi connectivity index (χ0n) is 10.8. The van der Waals surface area contributed by atoms with Crippen molar-refractivity contribution in [2.45, 2.75) is 26.4 Å². The van der Waals surface area contributed by atoms with Gasteiger partial charge in [-0.2, -0.15) is 0 Å². The highest BCUT2D eigenvalue weighted by molar-refractivity contribution is 7.21. The summed E-state index contributed by atoms with van der Waals surface area (Å²) in [6.45, 7) is 4.88. The Labute approximate surface area is 111 Å². The van der Waals surface area contributed by atoms with E-state index >= 15 is 0 Å². The van der Waals surface area contributed by atoms with Crippen LogP contribution in [0.2, 0.25) is 0 Å². The molecule has 0 saturated carbocycles. The first kappa shape index (κ1) is 13.1. The van der Waals surface area contributed by atoms with E-state index in [1.807, 2.05) is 31.3 Å². The first-order valence-electron chi connectivity index (χ1n) is 5.94. The molecule has 0 amide bonds. The van der Waals surface area contributed by atoms with E-state index in [-0.39, 0.29) is 0 Å². The SMILES string of the molecule is CC(C)N(C)Cc1c(C(=O)O)sc2ccccc12. The Morgan fingerprint density at radius 2 is 2.06 bits per heavy atom. The molecule has 0 aliphatic heterocycles. The minimum atomic E-state index is -0.830. The van der Waals surface area contributed by atoms with E-state index in [0.717, 1.165) is 15.6 Å². The monoisotopic (exact) mass is 263 g/mol. The second-order valence-corrected chi connectivity index (χ2v) is 5.77. The van der Waals surface area contributed by atoms with Crippen LogP contribution in [0.1, 0.15) is 29.1 Å². The van der Waals surface area contributed by atoms with E-state index in [0.29, 0.717) is 17.5 Å². The average Bonchev–Trinajstić information content (AvgIpc) is 2.68. The van der Waals surface area contributed by atoms with Gasteiger partial charge in [0.2, 0.25) is 0 Å². The molecule has 1 aromatic carbocycles. The topological polar surface area (TPSA) is 40.5 Å². The van der Waals surface area contributed by atoms with E-state index < -0.39 is 5.97 Å². The standard InChI is InChI=1S/C14H17NO2S/c1-9(2)15(3)8-11-10-6-4-5-7-12(10)18-13(11)14(16)17/h4-7,9H,8H2,1-3H3,(H,16,17). The number of carboxylic acids is 1. The van der Waals surface area contributed by atoms with E-state index in [4.69, 9.17) is 0 Å². The van der Waals surface area contributed by atoms with Crippen molar-refractivity contribution in [3.8, 4) is 0 Å². The molecule has 0 aliphatic carbocycles. The summed E-state index contributed by atoms with van der Waals surface area (Å²) in [6.07, 6.45) is 0. The lowest BCUT2D eigenvalue weighted by molar-refractivity contribution is 0.0700. The Bertz CT molecular complexity index is 574. The van der Waals surface area contributed by atoms with Gasteiger partial charge in [-0.05, 0) is 37.9 Å². The van der Waals surface area contributed by atoms with Crippen LogP contribution in [0, 0.1) is 0 Å². The Hall–Kier alpha value is -1.39. The van der Waals surface area contributed by atoms with Gasteiger partial charge in [-0.3, -0.25) is 4.90 Å². The van der Waals surface area contributed by atoms with Crippen molar-refractivity contribution >= 4 is 27.4 Å². The summed E-state index contributed by atoms with van der Waals surface area (Å²) in [5.74, 6) is -0.830. The second-order valence-electron chi connectivity index (χ2n) is 4.72. The van der Waals surface area contributed by atoms with Crippen molar-refractivity contribution in [1.29, 1.82) is 0 Å². The van der Waals surface area contributed by atoms with Crippen LogP contribution in [0.25, 0.3) is 10.1 Å². The third-order valence-corrected chi connectivity index (χ3v) is 4.38. The predicted molar refractivity (Wildman–Crippen MR) is 75.4 cm³/mol. The second kappa shape index (κ2) is 5.08. The number of carbonyl (C=O) groups is 1. The summed E-state index contributed by atoms with van der Waals surface area (Å²) in [4.78, 5) is 14.0. The highest BCUT2D eigenvalue weighted by atomic mass is 32.1. The smallest absolute Gasteiger partial charge is 0.346 e. The van der Waals surface area contributed by atoms with Crippen molar-refractivity contribution < 1.29 is 9.90 Å². The molecule has 0 spiro atoms. The van der Waals surface area contributed by atoms with Crippen LogP contribution in [0.5, 0.6) is 0 Å². The van der Waals surface area contributed by atoms with Crippen LogP contribution >= 0.6 is 11.3 Å². The molecule has 0 atom stereocenters. The van der Waals surface area contributed by atoms with Crippen LogP contribution in [-0.2, 0) is 6.54 Å². The van der Waals surface area contributed by atoms with Gasteiger partial charge in [0.25, 0.3) is 0 Å². The maximum atomic E-state index is 11.3. The van der Waals surface area contributed by atoms with Crippen molar-refractivity contribution in [3.05, 3.63) is 34.7 Å². The molecule has 2 rings (SSSR count). The van der Waals surface area contributed by atoms with E-state index in [9.17, 15) is 9.90 Å². The van der Waals surface area contributed by atoms with Gasteiger partial charge in [0.1, 0.15) is 4.88 Å². The molecule has 0 saturated heterocycles. The van der Waals surface area contributed by atoms with Crippen LogP contribution in [0.3, 0.4) is 0 Å². The zero-order chi connectivity index (χ0) is 13.3. The van der Waals surface area contributed by atoms with E-state index in [1.165, 1.54) is 11.3 Å². The largest absolute Gasteiger partial charge is 0.477 e. The molecule has 4 heteroatoms. The van der Waals surface area contributed by atoms with Gasteiger partial charge in [-0.15, -0.1) is 11.3 Å². The third kappa shape index (κ3) is 2.40. The van der Waals surface area contributed by atoms with Crippen LogP contribution in [0.4, 0.5) is 0 Å². The lowest BCUT2D eigenvalue weighted by Crippen LogP contribution is -2.26. The number of hydrogen-bond donors (Lipinski definition) is 1. The van der Waals surface area contributed by atoms with Gasteiger partial charge in [-0.1, -0.05) is 18.2 Å². The van der Waals surface area contributed by atoms with Gasteiger partial charge in [0.15, 0.2) is 0 Å². The van der Waals surface area contributed by atoms with Crippen molar-refractivity contribution in [2.24, 2.45) is 0 Å². The Morgan fingerprint density at radius 1 is 1.39 bits per heavy atom. The molecule has 0 radical (unpaired) electrons. The first-order valence-corrected chi connectivity index (χ1v) is 6.76. The van der Waals surface area contributed by atoms with E-state index in [2.05, 4.69) is 18.7 Å². The lowest BCUT2D eigenvalue weighted by Gasteiger charge is -2.21. The highest BCUT2D eigenvalue weighted by Crippen LogP contribution is 2.32. The minimum absolute atomic E-state index is 0.394. The number of rotatable bonds is 4. The maximum Gasteiger partial charge on any atom is 0.346 e.